The van der Waals surface area contributed by atoms with E-state index < -0.39 is 36.2 Å². The van der Waals surface area contributed by atoms with Crippen molar-refractivity contribution in [3.63, 3.8) is 0 Å². The van der Waals surface area contributed by atoms with Crippen molar-refractivity contribution in [1.82, 2.24) is 15.5 Å². The lowest BCUT2D eigenvalue weighted by Crippen LogP contribution is -2.57. The molecule has 0 aromatic heterocycles. The summed E-state index contributed by atoms with van der Waals surface area (Å²) in [4.78, 5) is 39.7. The molecule has 3 unspecified atom stereocenters. The minimum Gasteiger partial charge on any atom is -0.480 e. The zero-order valence-corrected chi connectivity index (χ0v) is 22.9. The quantitative estimate of drug-likeness (QED) is 0.318. The molecule has 4 rings (SSSR count). The normalized spacial score (nSPS) is 14.5. The molecule has 9 nitrogen and oxygen atoms in total. The maximum atomic E-state index is 13.2. The van der Waals surface area contributed by atoms with Gasteiger partial charge in [0.15, 0.2) is 6.04 Å². The topological polar surface area (TPSA) is 117 Å². The number of benzene rings is 3. The first-order valence-electron chi connectivity index (χ1n) is 13.2. The minimum atomic E-state index is -1.31. The van der Waals surface area contributed by atoms with Gasteiger partial charge in [-0.2, -0.15) is 0 Å². The van der Waals surface area contributed by atoms with Gasteiger partial charge in [-0.1, -0.05) is 78.9 Å². The van der Waals surface area contributed by atoms with Crippen LogP contribution in [0, 0.1) is 0 Å². The fraction of sp³-hybridized carbons (Fsp3) is 0.323. The molecule has 0 spiro atoms. The second-order valence-electron chi connectivity index (χ2n) is 10.1. The summed E-state index contributed by atoms with van der Waals surface area (Å²) in [5, 5.41) is 14.9. The van der Waals surface area contributed by atoms with E-state index in [-0.39, 0.29) is 25.7 Å². The number of carboxylic acid groups (broad SMARTS) is 1. The molecule has 0 saturated heterocycles. The van der Waals surface area contributed by atoms with Gasteiger partial charge in [0.1, 0.15) is 12.6 Å². The highest BCUT2D eigenvalue weighted by Crippen LogP contribution is 2.44. The molecule has 1 aliphatic rings. The molecule has 0 fully saturated rings. The number of amides is 2. The second kappa shape index (κ2) is 13.2. The van der Waals surface area contributed by atoms with E-state index in [2.05, 4.69) is 22.8 Å². The Hall–Kier alpha value is -4.21. The van der Waals surface area contributed by atoms with Crippen LogP contribution in [0.15, 0.2) is 78.9 Å². The fourth-order valence-corrected chi connectivity index (χ4v) is 4.87. The number of carbonyl (C=O) groups excluding carboxylic acids is 2. The monoisotopic (exact) mass is 545 g/mol. The number of alkyl carbamates (subject to hydrolysis) is 1. The standard InChI is InChI=1S/C31H35N3O6/c1-20(39-18-21-11-5-4-6-12-21)28(30(36)37)33-29(35)27(17-34(2)3)32-31(38)40-19-26-24-15-9-7-13-22(24)23-14-8-10-16-25(23)26/h4-16,20,26-28H,17-19H2,1-3H3,(H,32,38)(H,33,35)(H,36,37). The highest BCUT2D eigenvalue weighted by Gasteiger charge is 2.33. The summed E-state index contributed by atoms with van der Waals surface area (Å²) < 4.78 is 11.3. The Balaban J connectivity index is 1.38. The number of ether oxygens (including phenoxy) is 2. The summed E-state index contributed by atoms with van der Waals surface area (Å²) in [6, 6.07) is 23.0. The minimum absolute atomic E-state index is 0.0955. The summed E-state index contributed by atoms with van der Waals surface area (Å²) in [6.45, 7) is 2.02. The maximum absolute atomic E-state index is 13.2. The fourth-order valence-electron chi connectivity index (χ4n) is 4.87. The number of carboxylic acids is 1. The Morgan fingerprint density at radius 1 is 0.875 bits per heavy atom. The molecule has 0 saturated carbocycles. The van der Waals surface area contributed by atoms with Gasteiger partial charge < -0.3 is 30.1 Å². The van der Waals surface area contributed by atoms with Crippen LogP contribution in [0.5, 0.6) is 0 Å². The van der Waals surface area contributed by atoms with E-state index in [9.17, 15) is 19.5 Å². The van der Waals surface area contributed by atoms with Crippen molar-refractivity contribution in [2.45, 2.75) is 37.6 Å². The molecule has 40 heavy (non-hydrogen) atoms. The number of fused-ring (bicyclic) bond motifs is 3. The summed E-state index contributed by atoms with van der Waals surface area (Å²) in [5.41, 5.74) is 5.26. The predicted octanol–water partition coefficient (Wildman–Crippen LogP) is 3.63. The third-order valence-corrected chi connectivity index (χ3v) is 6.89. The summed E-state index contributed by atoms with van der Waals surface area (Å²) in [6.07, 6.45) is -1.58. The van der Waals surface area contributed by atoms with Gasteiger partial charge in [-0.15, -0.1) is 0 Å². The second-order valence-corrected chi connectivity index (χ2v) is 10.1. The lowest BCUT2D eigenvalue weighted by molar-refractivity contribution is -0.146. The molecule has 210 valence electrons. The van der Waals surface area contributed by atoms with Gasteiger partial charge in [-0.05, 0) is 48.8 Å². The van der Waals surface area contributed by atoms with Crippen LogP contribution in [0.3, 0.4) is 0 Å². The van der Waals surface area contributed by atoms with Crippen LogP contribution >= 0.6 is 0 Å². The van der Waals surface area contributed by atoms with E-state index in [1.807, 2.05) is 66.7 Å². The Morgan fingerprint density at radius 3 is 2.02 bits per heavy atom. The van der Waals surface area contributed by atoms with Crippen molar-refractivity contribution in [2.24, 2.45) is 0 Å². The lowest BCUT2D eigenvalue weighted by atomic mass is 9.98. The first-order chi connectivity index (χ1) is 19.2. The molecule has 2 amide bonds. The number of hydrogen-bond acceptors (Lipinski definition) is 6. The van der Waals surface area contributed by atoms with Gasteiger partial charge in [-0.25, -0.2) is 9.59 Å². The van der Waals surface area contributed by atoms with E-state index >= 15 is 0 Å². The van der Waals surface area contributed by atoms with Crippen molar-refractivity contribution in [3.05, 3.63) is 95.6 Å². The van der Waals surface area contributed by atoms with E-state index in [4.69, 9.17) is 9.47 Å². The molecule has 0 bridgehead atoms. The number of hydrogen-bond donors (Lipinski definition) is 3. The van der Waals surface area contributed by atoms with Crippen LogP contribution < -0.4 is 10.6 Å². The van der Waals surface area contributed by atoms with Gasteiger partial charge in [0.2, 0.25) is 5.91 Å². The van der Waals surface area contributed by atoms with Crippen molar-refractivity contribution in [3.8, 4) is 11.1 Å². The number of nitrogens with zero attached hydrogens (tertiary/aromatic N) is 1. The molecule has 0 radical (unpaired) electrons. The Labute approximate surface area is 234 Å². The van der Waals surface area contributed by atoms with Crippen LogP contribution in [0.1, 0.15) is 29.5 Å². The average molecular weight is 546 g/mol. The molecule has 3 atom stereocenters. The van der Waals surface area contributed by atoms with E-state index in [0.717, 1.165) is 27.8 Å². The largest absolute Gasteiger partial charge is 0.480 e. The Bertz CT molecular complexity index is 1280. The van der Waals surface area contributed by atoms with Gasteiger partial charge in [0.25, 0.3) is 0 Å². The summed E-state index contributed by atoms with van der Waals surface area (Å²) >= 11 is 0. The molecular formula is C31H35N3O6. The van der Waals surface area contributed by atoms with Gasteiger partial charge in [-0.3, -0.25) is 4.79 Å². The smallest absolute Gasteiger partial charge is 0.407 e. The molecule has 3 N–H and O–H groups in total. The molecule has 1 aliphatic carbocycles. The number of rotatable bonds is 12. The van der Waals surface area contributed by atoms with Gasteiger partial charge in [0, 0.05) is 12.5 Å². The predicted molar refractivity (Wildman–Crippen MR) is 151 cm³/mol. The van der Waals surface area contributed by atoms with Crippen LogP contribution in [0.25, 0.3) is 11.1 Å². The Kier molecular flexibility index (Phi) is 9.52. The third-order valence-electron chi connectivity index (χ3n) is 6.89. The Morgan fingerprint density at radius 2 is 1.45 bits per heavy atom. The molecule has 3 aromatic rings. The molecule has 0 aliphatic heterocycles. The van der Waals surface area contributed by atoms with Crippen molar-refractivity contribution < 1.29 is 29.0 Å². The van der Waals surface area contributed by atoms with Crippen LogP contribution in [0.4, 0.5) is 4.79 Å². The number of carbonyl (C=O) groups is 3. The molecule has 9 heteroatoms. The lowest BCUT2D eigenvalue weighted by Gasteiger charge is -2.26. The molecule has 0 heterocycles. The SMILES string of the molecule is CC(OCc1ccccc1)C(NC(=O)C(CN(C)C)NC(=O)OCC1c2ccccc2-c2ccccc21)C(=O)O. The van der Waals surface area contributed by atoms with E-state index in [1.165, 1.54) is 0 Å². The first-order valence-corrected chi connectivity index (χ1v) is 13.2. The average Bonchev–Trinajstić information content (AvgIpc) is 3.26. The zero-order valence-electron chi connectivity index (χ0n) is 22.9. The highest BCUT2D eigenvalue weighted by molar-refractivity contribution is 5.89. The number of aliphatic carboxylic acids is 1. The van der Waals surface area contributed by atoms with Crippen LogP contribution in [-0.2, 0) is 25.7 Å². The van der Waals surface area contributed by atoms with Crippen molar-refractivity contribution in [2.75, 3.05) is 27.2 Å². The van der Waals surface area contributed by atoms with Gasteiger partial charge in [0.05, 0.1) is 12.7 Å². The number of nitrogens with one attached hydrogen (secondary N) is 2. The molecular weight excluding hydrogens is 510 g/mol. The summed E-state index contributed by atoms with van der Waals surface area (Å²) in [7, 11) is 3.50. The molecule has 3 aromatic carbocycles. The third kappa shape index (κ3) is 7.05. The van der Waals surface area contributed by atoms with Gasteiger partial charge >= 0.3 is 12.1 Å². The number of likely N-dealkylation sites (N-methyl/N-ethyl adjacent to an activating group) is 1. The van der Waals surface area contributed by atoms with Crippen LogP contribution in [-0.4, -0.2) is 73.4 Å². The van der Waals surface area contributed by atoms with Crippen molar-refractivity contribution >= 4 is 18.0 Å². The van der Waals surface area contributed by atoms with E-state index in [0.29, 0.717) is 0 Å². The highest BCUT2D eigenvalue weighted by atomic mass is 16.5. The van der Waals surface area contributed by atoms with Crippen LogP contribution in [0.2, 0.25) is 0 Å². The zero-order chi connectivity index (χ0) is 28.6. The van der Waals surface area contributed by atoms with E-state index in [1.54, 1.807) is 25.9 Å². The van der Waals surface area contributed by atoms with Crippen molar-refractivity contribution in [1.29, 1.82) is 0 Å². The first kappa shape index (κ1) is 28.8. The maximum Gasteiger partial charge on any atom is 0.407 e. The summed E-state index contributed by atoms with van der Waals surface area (Å²) in [5.74, 6) is -2.01.